The minimum Gasteiger partial charge on any atom is -0.358 e. The van der Waals surface area contributed by atoms with Crippen molar-refractivity contribution in [3.8, 4) is 0 Å². The van der Waals surface area contributed by atoms with Crippen molar-refractivity contribution < 1.29 is 14.0 Å². The summed E-state index contributed by atoms with van der Waals surface area (Å²) in [6, 6.07) is 11.0. The number of H-pyrrole nitrogens is 1. The van der Waals surface area contributed by atoms with Crippen LogP contribution in [-0.4, -0.2) is 16.8 Å². The number of hydrogen-bond donors (Lipinski definition) is 3. The first kappa shape index (κ1) is 16.7. The smallest absolute Gasteiger partial charge is 0.269 e. The molecule has 0 unspecified atom stereocenters. The van der Waals surface area contributed by atoms with Gasteiger partial charge in [0.05, 0.1) is 6.42 Å². The number of carbonyl (C=O) groups excluding carboxylic acids is 2. The monoisotopic (exact) mass is 339 g/mol. The lowest BCUT2D eigenvalue weighted by molar-refractivity contribution is -0.121. The molecular formula is C19H18FN3O2. The fourth-order valence-corrected chi connectivity index (χ4v) is 2.63. The van der Waals surface area contributed by atoms with E-state index in [1.165, 1.54) is 24.3 Å². The Kier molecular flexibility index (Phi) is 4.52. The molecule has 0 spiro atoms. The number of halogens is 1. The average molecular weight is 339 g/mol. The number of fused-ring (bicyclic) bond motifs is 1. The van der Waals surface area contributed by atoms with E-state index in [9.17, 15) is 14.0 Å². The van der Waals surface area contributed by atoms with E-state index in [1.807, 2.05) is 19.9 Å². The van der Waals surface area contributed by atoms with Crippen molar-refractivity contribution in [2.75, 3.05) is 0 Å². The molecule has 128 valence electrons. The van der Waals surface area contributed by atoms with Crippen molar-refractivity contribution >= 4 is 22.7 Å². The predicted molar refractivity (Wildman–Crippen MR) is 93.5 cm³/mol. The Balaban J connectivity index is 1.63. The predicted octanol–water partition coefficient (Wildman–Crippen LogP) is 2.93. The molecule has 5 nitrogen and oxygen atoms in total. The highest BCUT2D eigenvalue weighted by molar-refractivity contribution is 5.99. The minimum atomic E-state index is -0.396. The molecule has 1 aromatic heterocycles. The zero-order valence-corrected chi connectivity index (χ0v) is 13.9. The summed E-state index contributed by atoms with van der Waals surface area (Å²) in [7, 11) is 0. The molecule has 3 N–H and O–H groups in total. The third-order valence-corrected chi connectivity index (χ3v) is 4.16. The lowest BCUT2D eigenvalue weighted by Gasteiger charge is -2.08. The van der Waals surface area contributed by atoms with Gasteiger partial charge < -0.3 is 4.98 Å². The van der Waals surface area contributed by atoms with Crippen LogP contribution in [0.4, 0.5) is 4.39 Å². The molecule has 6 heteroatoms. The van der Waals surface area contributed by atoms with Gasteiger partial charge in [-0.3, -0.25) is 20.4 Å². The summed E-state index contributed by atoms with van der Waals surface area (Å²) in [6.07, 6.45) is 0.0513. The first-order chi connectivity index (χ1) is 11.9. The maximum atomic E-state index is 12.8. The Morgan fingerprint density at radius 3 is 2.48 bits per heavy atom. The number of aromatic amines is 1. The van der Waals surface area contributed by atoms with E-state index in [0.717, 1.165) is 22.2 Å². The molecule has 2 aromatic carbocycles. The quantitative estimate of drug-likeness (QED) is 0.642. The van der Waals surface area contributed by atoms with Gasteiger partial charge >= 0.3 is 0 Å². The van der Waals surface area contributed by atoms with Gasteiger partial charge in [0.25, 0.3) is 5.91 Å². The molecule has 0 saturated heterocycles. The van der Waals surface area contributed by atoms with Gasteiger partial charge in [-0.1, -0.05) is 12.1 Å². The Labute approximate surface area is 144 Å². The normalized spacial score (nSPS) is 10.7. The van der Waals surface area contributed by atoms with Gasteiger partial charge in [-0.15, -0.1) is 0 Å². The molecule has 0 aliphatic rings. The number of rotatable bonds is 3. The van der Waals surface area contributed by atoms with Crippen LogP contribution in [0.3, 0.4) is 0 Å². The van der Waals surface area contributed by atoms with Crippen molar-refractivity contribution in [3.63, 3.8) is 0 Å². The highest BCUT2D eigenvalue weighted by Gasteiger charge is 2.11. The third-order valence-electron chi connectivity index (χ3n) is 4.16. The van der Waals surface area contributed by atoms with Crippen LogP contribution in [0, 0.1) is 19.7 Å². The Hall–Kier alpha value is -3.15. The van der Waals surface area contributed by atoms with Crippen LogP contribution >= 0.6 is 0 Å². The summed E-state index contributed by atoms with van der Waals surface area (Å²) in [5, 5.41) is 0.975. The molecule has 0 aliphatic carbocycles. The highest BCUT2D eigenvalue weighted by Crippen LogP contribution is 2.22. The Bertz CT molecular complexity index is 945. The van der Waals surface area contributed by atoms with Gasteiger partial charge in [0.1, 0.15) is 5.82 Å². The Morgan fingerprint density at radius 1 is 1.04 bits per heavy atom. The highest BCUT2D eigenvalue weighted by atomic mass is 19.1. The van der Waals surface area contributed by atoms with Crippen molar-refractivity contribution in [2.24, 2.45) is 0 Å². The molecule has 0 aliphatic heterocycles. The topological polar surface area (TPSA) is 74.0 Å². The van der Waals surface area contributed by atoms with E-state index in [1.54, 1.807) is 12.1 Å². The van der Waals surface area contributed by atoms with Crippen LogP contribution in [0.25, 0.3) is 10.9 Å². The second-order valence-corrected chi connectivity index (χ2v) is 5.94. The number of carbonyl (C=O) groups is 2. The summed E-state index contributed by atoms with van der Waals surface area (Å²) in [5.74, 6) is -1.13. The number of aromatic nitrogens is 1. The van der Waals surface area contributed by atoms with Gasteiger partial charge in [0.15, 0.2) is 0 Å². The second-order valence-electron chi connectivity index (χ2n) is 5.94. The largest absolute Gasteiger partial charge is 0.358 e. The van der Waals surface area contributed by atoms with Crippen LogP contribution in [0.15, 0.2) is 42.5 Å². The molecule has 3 rings (SSSR count). The molecule has 0 radical (unpaired) electrons. The average Bonchev–Trinajstić information content (AvgIpc) is 2.89. The summed E-state index contributed by atoms with van der Waals surface area (Å²) in [5.41, 5.74) is 8.99. The van der Waals surface area contributed by atoms with E-state index in [-0.39, 0.29) is 18.1 Å². The fourth-order valence-electron chi connectivity index (χ4n) is 2.63. The minimum absolute atomic E-state index is 0.0513. The number of aryl methyl sites for hydroxylation is 2. The summed E-state index contributed by atoms with van der Waals surface area (Å²) in [4.78, 5) is 27.3. The molecule has 1 heterocycles. The third kappa shape index (κ3) is 3.68. The van der Waals surface area contributed by atoms with Gasteiger partial charge in [0, 0.05) is 22.2 Å². The van der Waals surface area contributed by atoms with Crippen molar-refractivity contribution in [1.82, 2.24) is 15.8 Å². The van der Waals surface area contributed by atoms with Crippen LogP contribution in [0.1, 0.15) is 27.2 Å². The number of hydrazine groups is 1. The number of amides is 2. The molecule has 25 heavy (non-hydrogen) atoms. The number of hydrogen-bond acceptors (Lipinski definition) is 2. The number of nitrogens with one attached hydrogen (secondary N) is 3. The maximum absolute atomic E-state index is 12.8. The van der Waals surface area contributed by atoms with E-state index in [4.69, 9.17) is 0 Å². The molecule has 0 atom stereocenters. The van der Waals surface area contributed by atoms with Crippen molar-refractivity contribution in [2.45, 2.75) is 20.3 Å². The standard InChI is InChI=1S/C19H18FN3O2/c1-11-12(2)21-17-8-5-14(10-16(11)17)19(25)23-22-18(24)9-13-3-6-15(20)7-4-13/h3-8,10,21H,9H2,1-2H3,(H,22,24)(H,23,25). The second kappa shape index (κ2) is 6.76. The van der Waals surface area contributed by atoms with E-state index >= 15 is 0 Å². The zero-order chi connectivity index (χ0) is 18.0. The SMILES string of the molecule is Cc1[nH]c2ccc(C(=O)NNC(=O)Cc3ccc(F)cc3)cc2c1C. The maximum Gasteiger partial charge on any atom is 0.269 e. The summed E-state index contributed by atoms with van der Waals surface area (Å²) >= 11 is 0. The van der Waals surface area contributed by atoms with E-state index in [2.05, 4.69) is 15.8 Å². The van der Waals surface area contributed by atoms with Crippen molar-refractivity contribution in [1.29, 1.82) is 0 Å². The summed E-state index contributed by atoms with van der Waals surface area (Å²) in [6.45, 7) is 3.96. The molecule has 0 fully saturated rings. The molecule has 0 bridgehead atoms. The first-order valence-corrected chi connectivity index (χ1v) is 7.86. The van der Waals surface area contributed by atoms with Gasteiger partial charge in [-0.05, 0) is 55.3 Å². The first-order valence-electron chi connectivity index (χ1n) is 7.86. The zero-order valence-electron chi connectivity index (χ0n) is 13.9. The van der Waals surface area contributed by atoms with Gasteiger partial charge in [0.2, 0.25) is 5.91 Å². The lowest BCUT2D eigenvalue weighted by Crippen LogP contribution is -2.42. The van der Waals surface area contributed by atoms with Crippen LogP contribution < -0.4 is 10.9 Å². The molecular weight excluding hydrogens is 321 g/mol. The lowest BCUT2D eigenvalue weighted by atomic mass is 10.1. The van der Waals surface area contributed by atoms with Crippen LogP contribution in [0.5, 0.6) is 0 Å². The van der Waals surface area contributed by atoms with Crippen molar-refractivity contribution in [3.05, 3.63) is 70.7 Å². The van der Waals surface area contributed by atoms with Crippen LogP contribution in [0.2, 0.25) is 0 Å². The molecule has 3 aromatic rings. The van der Waals surface area contributed by atoms with E-state index in [0.29, 0.717) is 11.1 Å². The fraction of sp³-hybridized carbons (Fsp3) is 0.158. The Morgan fingerprint density at radius 2 is 1.76 bits per heavy atom. The van der Waals surface area contributed by atoms with E-state index < -0.39 is 5.91 Å². The summed E-state index contributed by atoms with van der Waals surface area (Å²) < 4.78 is 12.8. The molecule has 0 saturated carbocycles. The van der Waals surface area contributed by atoms with Crippen LogP contribution in [-0.2, 0) is 11.2 Å². The number of benzene rings is 2. The van der Waals surface area contributed by atoms with Gasteiger partial charge in [-0.25, -0.2) is 4.39 Å². The van der Waals surface area contributed by atoms with Gasteiger partial charge in [-0.2, -0.15) is 0 Å². The molecule has 2 amide bonds.